The average Bonchev–Trinajstić information content (AvgIpc) is 3.42. The lowest BCUT2D eigenvalue weighted by atomic mass is 9.98. The van der Waals surface area contributed by atoms with Gasteiger partial charge >= 0.3 is 0 Å². The van der Waals surface area contributed by atoms with Gasteiger partial charge in [-0.15, -0.1) is 0 Å². The highest BCUT2D eigenvalue weighted by Crippen LogP contribution is 2.27. The van der Waals surface area contributed by atoms with Crippen molar-refractivity contribution in [1.29, 1.82) is 0 Å². The molecule has 0 bridgehead atoms. The minimum absolute atomic E-state index is 0.514. The average molecular weight is 339 g/mol. The zero-order valence-corrected chi connectivity index (χ0v) is 16.0. The van der Waals surface area contributed by atoms with Gasteiger partial charge in [-0.25, -0.2) is 0 Å². The molecule has 2 N–H and O–H groups in total. The van der Waals surface area contributed by atoms with Crippen molar-refractivity contribution in [2.45, 2.75) is 83.4 Å². The first-order valence-corrected chi connectivity index (χ1v) is 10.0. The van der Waals surface area contributed by atoms with E-state index in [9.17, 15) is 0 Å². The number of ether oxygens (including phenoxy) is 1. The molecule has 2 saturated carbocycles. The fourth-order valence-electron chi connectivity index (χ4n) is 3.55. The van der Waals surface area contributed by atoms with Gasteiger partial charge in [0.1, 0.15) is 0 Å². The number of nitrogens with zero attached hydrogens (tertiary/aromatic N) is 2. The van der Waals surface area contributed by atoms with Gasteiger partial charge in [-0.05, 0) is 46.0 Å². The summed E-state index contributed by atoms with van der Waals surface area (Å²) in [6, 6.07) is 1.45. The maximum absolute atomic E-state index is 5.96. The summed E-state index contributed by atoms with van der Waals surface area (Å²) in [6.07, 6.45) is 10.9. The molecule has 0 radical (unpaired) electrons. The second kappa shape index (κ2) is 10.9. The molecule has 0 spiro atoms. The van der Waals surface area contributed by atoms with Crippen molar-refractivity contribution in [2.75, 3.05) is 33.3 Å². The van der Waals surface area contributed by atoms with Crippen LogP contribution in [-0.4, -0.2) is 62.3 Å². The third-order valence-electron chi connectivity index (χ3n) is 5.08. The molecule has 0 heterocycles. The molecular formula is C19H38N4O. The number of guanidine groups is 1. The molecule has 0 aromatic heterocycles. The normalized spacial score (nSPS) is 20.0. The lowest BCUT2D eigenvalue weighted by molar-refractivity contribution is 0.0277. The van der Waals surface area contributed by atoms with E-state index in [4.69, 9.17) is 4.74 Å². The summed E-state index contributed by atoms with van der Waals surface area (Å²) in [4.78, 5) is 6.91. The van der Waals surface area contributed by atoms with Crippen LogP contribution in [0.1, 0.15) is 65.2 Å². The van der Waals surface area contributed by atoms with Crippen LogP contribution in [-0.2, 0) is 4.74 Å². The first-order chi connectivity index (χ1) is 11.7. The van der Waals surface area contributed by atoms with Crippen LogP contribution in [0.5, 0.6) is 0 Å². The third-order valence-corrected chi connectivity index (χ3v) is 5.08. The second-order valence-electron chi connectivity index (χ2n) is 7.47. The Hall–Kier alpha value is -0.810. The second-order valence-corrected chi connectivity index (χ2v) is 7.47. The van der Waals surface area contributed by atoms with E-state index in [0.717, 1.165) is 44.7 Å². The summed E-state index contributed by atoms with van der Waals surface area (Å²) in [5.41, 5.74) is 0. The Bertz CT molecular complexity index is 360. The van der Waals surface area contributed by atoms with Gasteiger partial charge in [-0.1, -0.05) is 19.3 Å². The van der Waals surface area contributed by atoms with Crippen molar-refractivity contribution < 1.29 is 4.74 Å². The van der Waals surface area contributed by atoms with Crippen molar-refractivity contribution >= 4 is 5.96 Å². The van der Waals surface area contributed by atoms with E-state index in [1.54, 1.807) is 0 Å². The van der Waals surface area contributed by atoms with Crippen LogP contribution >= 0.6 is 0 Å². The Balaban J connectivity index is 1.50. The quantitative estimate of drug-likeness (QED) is 0.365. The van der Waals surface area contributed by atoms with Crippen molar-refractivity contribution in [3.05, 3.63) is 0 Å². The molecule has 0 aromatic rings. The van der Waals surface area contributed by atoms with Gasteiger partial charge in [0.2, 0.25) is 0 Å². The lowest BCUT2D eigenvalue weighted by Crippen LogP contribution is -2.44. The Kier molecular flexibility index (Phi) is 8.89. The largest absolute Gasteiger partial charge is 0.378 e. The molecule has 0 amide bonds. The molecule has 0 aromatic carbocycles. The van der Waals surface area contributed by atoms with Gasteiger partial charge in [0.15, 0.2) is 5.96 Å². The van der Waals surface area contributed by atoms with E-state index in [0.29, 0.717) is 12.1 Å². The van der Waals surface area contributed by atoms with Crippen LogP contribution < -0.4 is 10.6 Å². The summed E-state index contributed by atoms with van der Waals surface area (Å²) >= 11 is 0. The molecule has 2 fully saturated rings. The van der Waals surface area contributed by atoms with Crippen molar-refractivity contribution in [3.8, 4) is 0 Å². The summed E-state index contributed by atoms with van der Waals surface area (Å²) < 4.78 is 5.96. The van der Waals surface area contributed by atoms with Crippen molar-refractivity contribution in [1.82, 2.24) is 15.5 Å². The number of nitrogens with one attached hydrogen (secondary N) is 2. The molecule has 140 valence electrons. The maximum atomic E-state index is 5.96. The number of hydrogen-bond acceptors (Lipinski definition) is 3. The molecule has 5 heteroatoms. The van der Waals surface area contributed by atoms with Gasteiger partial charge in [-0.2, -0.15) is 0 Å². The highest BCUT2D eigenvalue weighted by atomic mass is 16.5. The monoisotopic (exact) mass is 338 g/mol. The zero-order chi connectivity index (χ0) is 17.2. The predicted molar refractivity (Wildman–Crippen MR) is 102 cm³/mol. The highest BCUT2D eigenvalue weighted by Gasteiger charge is 2.30. The fourth-order valence-corrected chi connectivity index (χ4v) is 3.55. The molecule has 24 heavy (non-hydrogen) atoms. The van der Waals surface area contributed by atoms with Crippen LogP contribution in [0.25, 0.3) is 0 Å². The summed E-state index contributed by atoms with van der Waals surface area (Å²) in [7, 11) is 1.84. The first-order valence-electron chi connectivity index (χ1n) is 10.0. The van der Waals surface area contributed by atoms with Crippen LogP contribution in [0.3, 0.4) is 0 Å². The van der Waals surface area contributed by atoms with E-state index in [-0.39, 0.29) is 0 Å². The van der Waals surface area contributed by atoms with Gasteiger partial charge < -0.3 is 15.4 Å². The molecule has 0 unspecified atom stereocenters. The minimum atomic E-state index is 0.514. The van der Waals surface area contributed by atoms with E-state index in [1.165, 1.54) is 44.9 Å². The fraction of sp³-hybridized carbons (Fsp3) is 0.947. The number of hydrogen-bond donors (Lipinski definition) is 2. The summed E-state index contributed by atoms with van der Waals surface area (Å²) in [5.74, 6) is 0.909. The Morgan fingerprint density at radius 3 is 2.42 bits per heavy atom. The summed E-state index contributed by atoms with van der Waals surface area (Å²) in [5, 5.41) is 6.83. The van der Waals surface area contributed by atoms with Crippen molar-refractivity contribution in [3.63, 3.8) is 0 Å². The Morgan fingerprint density at radius 1 is 1.08 bits per heavy atom. The maximum Gasteiger partial charge on any atom is 0.191 e. The van der Waals surface area contributed by atoms with Crippen LogP contribution in [0.4, 0.5) is 0 Å². The number of aliphatic imine (C=N–C) groups is 1. The Labute approximate surface area is 148 Å². The van der Waals surface area contributed by atoms with Gasteiger partial charge in [0, 0.05) is 45.4 Å². The highest BCUT2D eigenvalue weighted by molar-refractivity contribution is 5.79. The van der Waals surface area contributed by atoms with Crippen LogP contribution in [0.15, 0.2) is 4.99 Å². The SMILES string of the molecule is CN=C(NCCCOC1CCCCC1)NCCN(C(C)C)C1CC1. The van der Waals surface area contributed by atoms with E-state index in [1.807, 2.05) is 7.05 Å². The Morgan fingerprint density at radius 2 is 1.79 bits per heavy atom. The van der Waals surface area contributed by atoms with Gasteiger partial charge in [-0.3, -0.25) is 9.89 Å². The van der Waals surface area contributed by atoms with E-state index >= 15 is 0 Å². The zero-order valence-electron chi connectivity index (χ0n) is 16.0. The van der Waals surface area contributed by atoms with Gasteiger partial charge in [0.25, 0.3) is 0 Å². The molecule has 2 rings (SSSR count). The molecule has 5 nitrogen and oxygen atoms in total. The van der Waals surface area contributed by atoms with Crippen LogP contribution in [0.2, 0.25) is 0 Å². The van der Waals surface area contributed by atoms with Gasteiger partial charge in [0.05, 0.1) is 6.10 Å². The topological polar surface area (TPSA) is 48.9 Å². The molecule has 0 aliphatic heterocycles. The first kappa shape index (κ1) is 19.5. The third kappa shape index (κ3) is 7.39. The van der Waals surface area contributed by atoms with E-state index in [2.05, 4.69) is 34.4 Å². The number of rotatable bonds is 10. The predicted octanol–water partition coefficient (Wildman–Crippen LogP) is 2.76. The standard InChI is InChI=1S/C19H38N4O/c1-16(2)23(17-10-11-17)14-13-22-19(20-3)21-12-7-15-24-18-8-5-4-6-9-18/h16-18H,4-15H2,1-3H3,(H2,20,21,22). The summed E-state index contributed by atoms with van der Waals surface area (Å²) in [6.45, 7) is 8.40. The molecule has 2 aliphatic rings. The molecule has 0 atom stereocenters. The minimum Gasteiger partial charge on any atom is -0.378 e. The van der Waals surface area contributed by atoms with E-state index < -0.39 is 0 Å². The smallest absolute Gasteiger partial charge is 0.191 e. The molecule has 0 saturated heterocycles. The van der Waals surface area contributed by atoms with Crippen LogP contribution in [0, 0.1) is 0 Å². The lowest BCUT2D eigenvalue weighted by Gasteiger charge is -2.26. The molecule has 2 aliphatic carbocycles. The van der Waals surface area contributed by atoms with Crippen molar-refractivity contribution in [2.24, 2.45) is 4.99 Å². The molecular weight excluding hydrogens is 300 g/mol.